The Morgan fingerprint density at radius 1 is 1.19 bits per heavy atom. The lowest BCUT2D eigenvalue weighted by atomic mass is 10.0. The number of allylic oxidation sites excluding steroid dienone is 1. The third kappa shape index (κ3) is 2.39. The first-order valence-corrected chi connectivity index (χ1v) is 6.62. The number of anilines is 1. The molecule has 1 atom stereocenters. The monoisotopic (exact) mass is 281 g/mol. The zero-order valence-electron chi connectivity index (χ0n) is 12.0. The Morgan fingerprint density at radius 2 is 2.05 bits per heavy atom. The molecule has 1 aromatic heterocycles. The molecule has 2 heterocycles. The number of nitrogen functional groups attached to an aromatic ring is 1. The highest BCUT2D eigenvalue weighted by Gasteiger charge is 2.29. The second-order valence-corrected chi connectivity index (χ2v) is 4.99. The zero-order chi connectivity index (χ0) is 14.9. The van der Waals surface area contributed by atoms with Gasteiger partial charge in [0.2, 0.25) is 0 Å². The molecule has 0 radical (unpaired) electrons. The van der Waals surface area contributed by atoms with Gasteiger partial charge in [-0.2, -0.15) is 0 Å². The van der Waals surface area contributed by atoms with E-state index in [0.29, 0.717) is 10.4 Å². The zero-order valence-corrected chi connectivity index (χ0v) is 12.0. The summed E-state index contributed by atoms with van der Waals surface area (Å²) in [6.07, 6.45) is 7.52. The lowest BCUT2D eigenvalue weighted by Crippen LogP contribution is -2.30. The van der Waals surface area contributed by atoms with Crippen LogP contribution < -0.4 is 15.1 Å². The smallest absolute Gasteiger partial charge is 0.175 e. The Balaban J connectivity index is 2.18. The van der Waals surface area contributed by atoms with E-state index in [1.54, 1.807) is 25.6 Å². The van der Waals surface area contributed by atoms with Crippen LogP contribution in [-0.2, 0) is 0 Å². The molecule has 0 saturated carbocycles. The van der Waals surface area contributed by atoms with Crippen molar-refractivity contribution in [2.45, 2.75) is 0 Å². The third-order valence-electron chi connectivity index (χ3n) is 3.56. The molecule has 1 aromatic carbocycles. The van der Waals surface area contributed by atoms with Crippen LogP contribution in [0.5, 0.6) is 5.75 Å². The van der Waals surface area contributed by atoms with E-state index >= 15 is 0 Å². The second kappa shape index (κ2) is 5.03. The summed E-state index contributed by atoms with van der Waals surface area (Å²) in [6.45, 7) is 0. The van der Waals surface area contributed by atoms with E-state index in [2.05, 4.69) is 10.1 Å². The molecule has 0 fully saturated rings. The van der Waals surface area contributed by atoms with Gasteiger partial charge in [-0.15, -0.1) is 4.59 Å². The highest BCUT2D eigenvalue weighted by atomic mass is 16.5. The van der Waals surface area contributed by atoms with E-state index in [-0.39, 0.29) is 0 Å². The highest BCUT2D eigenvalue weighted by molar-refractivity contribution is 5.82. The lowest BCUT2D eigenvalue weighted by Gasteiger charge is -2.23. The molecule has 0 spiro atoms. The summed E-state index contributed by atoms with van der Waals surface area (Å²) in [5.74, 6) is 1.31. The van der Waals surface area contributed by atoms with Crippen molar-refractivity contribution in [2.24, 2.45) is 5.10 Å². The van der Waals surface area contributed by atoms with Crippen LogP contribution in [-0.4, -0.2) is 25.4 Å². The highest BCUT2D eigenvalue weighted by Crippen LogP contribution is 2.38. The molecule has 3 rings (SSSR count). The molecule has 106 valence electrons. The van der Waals surface area contributed by atoms with E-state index in [1.165, 1.54) is 0 Å². The minimum Gasteiger partial charge on any atom is -0.497 e. The Hall–Kier alpha value is -2.66. The average molecular weight is 281 g/mol. The van der Waals surface area contributed by atoms with Crippen LogP contribution in [0.4, 0.5) is 11.5 Å². The van der Waals surface area contributed by atoms with Crippen molar-refractivity contribution in [3.8, 4) is 16.9 Å². The fourth-order valence-electron chi connectivity index (χ4n) is 2.39. The second-order valence-electron chi connectivity index (χ2n) is 4.99. The first-order valence-electron chi connectivity index (χ1n) is 6.62. The molecule has 2 aromatic rings. The number of nitrogens with zero attached hydrogens (tertiary/aromatic N) is 3. The van der Waals surface area contributed by atoms with E-state index in [1.807, 2.05) is 43.6 Å². The predicted octanol–water partition coefficient (Wildman–Crippen LogP) is 2.79. The first-order chi connectivity index (χ1) is 10.1. The van der Waals surface area contributed by atoms with Gasteiger partial charge in [-0.25, -0.2) is 4.98 Å². The van der Waals surface area contributed by atoms with Crippen LogP contribution in [0.2, 0.25) is 0 Å². The number of pyridine rings is 1. The van der Waals surface area contributed by atoms with Crippen LogP contribution in [0.15, 0.2) is 53.9 Å². The Labute approximate surface area is 123 Å². The SMILES string of the molecule is COc1ccc(-c2ccc(N)nc2)c([N+]2(C)C=CC=N2)c1. The average Bonchev–Trinajstić information content (AvgIpc) is 2.95. The van der Waals surface area contributed by atoms with Crippen molar-refractivity contribution >= 4 is 17.7 Å². The molecule has 2 N–H and O–H groups in total. The summed E-state index contributed by atoms with van der Waals surface area (Å²) in [6, 6.07) is 9.71. The Morgan fingerprint density at radius 3 is 2.67 bits per heavy atom. The number of nitrogens with two attached hydrogens (primary N) is 1. The van der Waals surface area contributed by atoms with Crippen molar-refractivity contribution < 1.29 is 4.74 Å². The number of methoxy groups -OCH3 is 1. The van der Waals surface area contributed by atoms with E-state index in [4.69, 9.17) is 10.5 Å². The molecule has 0 aliphatic carbocycles. The van der Waals surface area contributed by atoms with Crippen molar-refractivity contribution in [1.29, 1.82) is 0 Å². The molecule has 1 unspecified atom stereocenters. The molecular formula is C16H17N4O+. The van der Waals surface area contributed by atoms with Crippen LogP contribution in [0.1, 0.15) is 0 Å². The topological polar surface area (TPSA) is 60.5 Å². The van der Waals surface area contributed by atoms with Crippen LogP contribution >= 0.6 is 0 Å². The van der Waals surface area contributed by atoms with E-state index in [0.717, 1.165) is 22.6 Å². The van der Waals surface area contributed by atoms with E-state index in [9.17, 15) is 0 Å². The molecule has 0 saturated heterocycles. The van der Waals surface area contributed by atoms with Crippen molar-refractivity contribution in [3.63, 3.8) is 0 Å². The van der Waals surface area contributed by atoms with Gasteiger partial charge in [0.15, 0.2) is 5.69 Å². The number of aromatic nitrogens is 1. The van der Waals surface area contributed by atoms with Gasteiger partial charge in [-0.3, -0.25) is 0 Å². The summed E-state index contributed by atoms with van der Waals surface area (Å²) in [5.41, 5.74) is 8.73. The maximum absolute atomic E-state index is 5.67. The van der Waals surface area contributed by atoms with Crippen molar-refractivity contribution in [2.75, 3.05) is 19.9 Å². The molecule has 1 aliphatic rings. The van der Waals surface area contributed by atoms with Gasteiger partial charge in [0.05, 0.1) is 13.3 Å². The molecular weight excluding hydrogens is 264 g/mol. The maximum atomic E-state index is 5.67. The largest absolute Gasteiger partial charge is 0.497 e. The van der Waals surface area contributed by atoms with Crippen LogP contribution in [0.25, 0.3) is 11.1 Å². The summed E-state index contributed by atoms with van der Waals surface area (Å²) in [5, 5.41) is 4.52. The molecule has 5 heteroatoms. The van der Waals surface area contributed by atoms with Gasteiger partial charge in [0.1, 0.15) is 24.8 Å². The molecule has 0 bridgehead atoms. The number of benzene rings is 1. The number of rotatable bonds is 3. The van der Waals surface area contributed by atoms with Crippen molar-refractivity contribution in [1.82, 2.24) is 9.58 Å². The van der Waals surface area contributed by atoms with Crippen molar-refractivity contribution in [3.05, 3.63) is 48.8 Å². The van der Waals surface area contributed by atoms with Gasteiger partial charge < -0.3 is 10.5 Å². The van der Waals surface area contributed by atoms with E-state index < -0.39 is 0 Å². The molecule has 21 heavy (non-hydrogen) atoms. The maximum Gasteiger partial charge on any atom is 0.175 e. The molecule has 5 nitrogen and oxygen atoms in total. The number of hydrogen-bond donors (Lipinski definition) is 1. The summed E-state index contributed by atoms with van der Waals surface area (Å²) in [4.78, 5) is 4.17. The van der Waals surface area contributed by atoms with Crippen LogP contribution in [0.3, 0.4) is 0 Å². The fraction of sp³-hybridized carbons (Fsp3) is 0.125. The number of quaternary nitrogens is 1. The number of hydrogen-bond acceptors (Lipinski definition) is 4. The van der Waals surface area contributed by atoms with Gasteiger partial charge in [-0.1, -0.05) is 5.10 Å². The van der Waals surface area contributed by atoms with Gasteiger partial charge >= 0.3 is 0 Å². The third-order valence-corrected chi connectivity index (χ3v) is 3.56. The Bertz CT molecular complexity index is 708. The van der Waals surface area contributed by atoms with Gasteiger partial charge in [0.25, 0.3) is 0 Å². The predicted molar refractivity (Wildman–Crippen MR) is 86.0 cm³/mol. The van der Waals surface area contributed by atoms with Crippen LogP contribution in [0, 0.1) is 0 Å². The summed E-state index contributed by atoms with van der Waals surface area (Å²) in [7, 11) is 3.68. The summed E-state index contributed by atoms with van der Waals surface area (Å²) >= 11 is 0. The summed E-state index contributed by atoms with van der Waals surface area (Å²) < 4.78 is 5.69. The number of ether oxygens (including phenoxy) is 1. The minimum absolute atomic E-state index is 0.344. The quantitative estimate of drug-likeness (QED) is 0.880. The first kappa shape index (κ1) is 13.3. The van der Waals surface area contributed by atoms with Gasteiger partial charge in [0, 0.05) is 29.5 Å². The minimum atomic E-state index is 0.344. The molecule has 0 amide bonds. The van der Waals surface area contributed by atoms with Gasteiger partial charge in [-0.05, 0) is 24.3 Å². The Kier molecular flexibility index (Phi) is 3.19. The molecule has 1 aliphatic heterocycles. The lowest BCUT2D eigenvalue weighted by molar-refractivity contribution is 0.411. The standard InChI is InChI=1S/C16H17N4O/c1-20(9-3-8-19-20)15-10-13(21-2)5-6-14(15)12-4-7-16(17)18-11-12/h3-11H,1-2H3,(H2,17,18)/q+1. The fourth-order valence-corrected chi connectivity index (χ4v) is 2.39. The normalized spacial score (nSPS) is 19.9.